The molecule has 16 heavy (non-hydrogen) atoms. The van der Waals surface area contributed by atoms with Crippen molar-refractivity contribution in [2.45, 2.75) is 26.0 Å². The van der Waals surface area contributed by atoms with Crippen LogP contribution in [0.15, 0.2) is 30.3 Å². The minimum atomic E-state index is -0.0141. The summed E-state index contributed by atoms with van der Waals surface area (Å²) in [6.45, 7) is 4.64. The Bertz CT molecular complexity index is 431. The fraction of sp³-hybridized carbons (Fsp3) is 0.385. The summed E-state index contributed by atoms with van der Waals surface area (Å²) in [5, 5.41) is 1.27. The van der Waals surface area contributed by atoms with Crippen LogP contribution in [0, 0.1) is 0 Å². The predicted octanol–water partition coefficient (Wildman–Crippen LogP) is 3.33. The van der Waals surface area contributed by atoms with Crippen LogP contribution in [0.1, 0.15) is 24.8 Å². The molecule has 0 amide bonds. The van der Waals surface area contributed by atoms with E-state index in [1.807, 2.05) is 13.8 Å². The Kier molecular flexibility index (Phi) is 3.59. The first-order valence-electron chi connectivity index (χ1n) is 5.52. The molecule has 0 saturated heterocycles. The second kappa shape index (κ2) is 4.95. The van der Waals surface area contributed by atoms with Crippen molar-refractivity contribution < 1.29 is 4.74 Å². The lowest BCUT2D eigenvalue weighted by molar-refractivity contribution is 0.0689. The second-order valence-corrected chi connectivity index (χ2v) is 5.29. The van der Waals surface area contributed by atoms with Crippen LogP contribution in [-0.4, -0.2) is 12.7 Å². The fourth-order valence-electron chi connectivity index (χ4n) is 1.56. The van der Waals surface area contributed by atoms with Gasteiger partial charge in [-0.25, -0.2) is 0 Å². The molecule has 2 aromatic rings. The molecule has 0 fully saturated rings. The van der Waals surface area contributed by atoms with Gasteiger partial charge in [-0.1, -0.05) is 18.2 Å². The molecule has 0 bridgehead atoms. The average Bonchev–Trinajstić information content (AvgIpc) is 2.69. The Balaban J connectivity index is 2.13. The number of benzene rings is 1. The van der Waals surface area contributed by atoms with Crippen molar-refractivity contribution in [3.05, 3.63) is 35.2 Å². The van der Waals surface area contributed by atoms with Crippen LogP contribution in [-0.2, 0) is 4.74 Å². The predicted molar refractivity (Wildman–Crippen MR) is 69.8 cm³/mol. The van der Waals surface area contributed by atoms with Crippen molar-refractivity contribution in [3.8, 4) is 0 Å². The highest BCUT2D eigenvalue weighted by atomic mass is 32.1. The van der Waals surface area contributed by atoms with E-state index in [4.69, 9.17) is 10.5 Å². The molecule has 2 rings (SSSR count). The van der Waals surface area contributed by atoms with Gasteiger partial charge in [0.05, 0.1) is 18.8 Å². The topological polar surface area (TPSA) is 35.2 Å². The minimum Gasteiger partial charge on any atom is -0.377 e. The lowest BCUT2D eigenvalue weighted by Gasteiger charge is -2.12. The van der Waals surface area contributed by atoms with Crippen molar-refractivity contribution >= 4 is 21.4 Å². The van der Waals surface area contributed by atoms with Crippen LogP contribution in [0.2, 0.25) is 0 Å². The van der Waals surface area contributed by atoms with E-state index in [1.165, 1.54) is 15.0 Å². The maximum atomic E-state index is 6.09. The van der Waals surface area contributed by atoms with Crippen molar-refractivity contribution in [1.29, 1.82) is 0 Å². The van der Waals surface area contributed by atoms with E-state index in [0.29, 0.717) is 6.61 Å². The molecule has 3 heteroatoms. The minimum absolute atomic E-state index is 0.0141. The maximum Gasteiger partial charge on any atom is 0.0670 e. The monoisotopic (exact) mass is 235 g/mol. The number of nitrogens with two attached hydrogens (primary N) is 1. The summed E-state index contributed by atoms with van der Waals surface area (Å²) in [5.41, 5.74) is 6.09. The fourth-order valence-corrected chi connectivity index (χ4v) is 2.61. The molecule has 0 spiro atoms. The van der Waals surface area contributed by atoms with Crippen LogP contribution in [0.4, 0.5) is 0 Å². The highest BCUT2D eigenvalue weighted by molar-refractivity contribution is 7.19. The molecule has 86 valence electrons. The van der Waals surface area contributed by atoms with Gasteiger partial charge in [0.25, 0.3) is 0 Å². The summed E-state index contributed by atoms with van der Waals surface area (Å²) in [7, 11) is 0. The zero-order chi connectivity index (χ0) is 11.5. The third-order valence-corrected chi connectivity index (χ3v) is 3.67. The molecular formula is C13H17NOS. The van der Waals surface area contributed by atoms with Crippen molar-refractivity contribution in [2.75, 3.05) is 6.61 Å². The van der Waals surface area contributed by atoms with Gasteiger partial charge in [-0.15, -0.1) is 11.3 Å². The SMILES string of the molecule is CC(C)OCC(N)c1cc2ccccc2s1. The van der Waals surface area contributed by atoms with E-state index in [2.05, 4.69) is 30.3 Å². The molecular weight excluding hydrogens is 218 g/mol. The number of fused-ring (bicyclic) bond motifs is 1. The van der Waals surface area contributed by atoms with E-state index >= 15 is 0 Å². The van der Waals surface area contributed by atoms with Gasteiger partial charge in [0, 0.05) is 9.58 Å². The first-order valence-corrected chi connectivity index (χ1v) is 6.34. The van der Waals surface area contributed by atoms with Gasteiger partial charge in [0.15, 0.2) is 0 Å². The van der Waals surface area contributed by atoms with Gasteiger partial charge in [0.1, 0.15) is 0 Å². The Morgan fingerprint density at radius 2 is 2.06 bits per heavy atom. The van der Waals surface area contributed by atoms with Gasteiger partial charge in [-0.3, -0.25) is 0 Å². The molecule has 0 aliphatic rings. The van der Waals surface area contributed by atoms with Gasteiger partial charge < -0.3 is 10.5 Å². The molecule has 0 saturated carbocycles. The van der Waals surface area contributed by atoms with Crippen LogP contribution >= 0.6 is 11.3 Å². The first-order chi connectivity index (χ1) is 7.66. The lowest BCUT2D eigenvalue weighted by Crippen LogP contribution is -2.18. The standard InChI is InChI=1S/C13H17NOS/c1-9(2)15-8-11(14)13-7-10-5-3-4-6-12(10)16-13/h3-7,9,11H,8,14H2,1-2H3. The van der Waals surface area contributed by atoms with Gasteiger partial charge >= 0.3 is 0 Å². The molecule has 0 aliphatic heterocycles. The second-order valence-electron chi connectivity index (χ2n) is 4.18. The zero-order valence-corrected chi connectivity index (χ0v) is 10.5. The molecule has 1 aromatic carbocycles. The largest absolute Gasteiger partial charge is 0.377 e. The number of thiophene rings is 1. The number of ether oxygens (including phenoxy) is 1. The maximum absolute atomic E-state index is 6.09. The van der Waals surface area contributed by atoms with Gasteiger partial charge in [-0.2, -0.15) is 0 Å². The summed E-state index contributed by atoms with van der Waals surface area (Å²) < 4.78 is 6.83. The van der Waals surface area contributed by atoms with E-state index in [0.717, 1.165) is 0 Å². The molecule has 1 atom stereocenters. The van der Waals surface area contributed by atoms with E-state index in [1.54, 1.807) is 11.3 Å². The summed E-state index contributed by atoms with van der Waals surface area (Å²) >= 11 is 1.75. The lowest BCUT2D eigenvalue weighted by atomic mass is 10.2. The van der Waals surface area contributed by atoms with Gasteiger partial charge in [0.2, 0.25) is 0 Å². The normalized spacial score (nSPS) is 13.5. The van der Waals surface area contributed by atoms with Crippen molar-refractivity contribution in [2.24, 2.45) is 5.73 Å². The quantitative estimate of drug-likeness (QED) is 0.882. The Hall–Kier alpha value is -0.900. The summed E-state index contributed by atoms with van der Waals surface area (Å²) in [4.78, 5) is 1.20. The molecule has 2 N–H and O–H groups in total. The first kappa shape index (κ1) is 11.6. The van der Waals surface area contributed by atoms with E-state index in [-0.39, 0.29) is 12.1 Å². The van der Waals surface area contributed by atoms with Crippen molar-refractivity contribution in [1.82, 2.24) is 0 Å². The number of hydrogen-bond donors (Lipinski definition) is 1. The molecule has 0 radical (unpaired) electrons. The summed E-state index contributed by atoms with van der Waals surface area (Å²) in [6, 6.07) is 10.5. The Morgan fingerprint density at radius 1 is 1.31 bits per heavy atom. The van der Waals surface area contributed by atoms with Crippen LogP contribution < -0.4 is 5.73 Å². The Labute approximate surface area is 100 Å². The highest BCUT2D eigenvalue weighted by Crippen LogP contribution is 2.28. The molecule has 1 unspecified atom stereocenters. The van der Waals surface area contributed by atoms with Crippen LogP contribution in [0.3, 0.4) is 0 Å². The van der Waals surface area contributed by atoms with Crippen LogP contribution in [0.25, 0.3) is 10.1 Å². The van der Waals surface area contributed by atoms with Crippen LogP contribution in [0.5, 0.6) is 0 Å². The third kappa shape index (κ3) is 2.61. The summed E-state index contributed by atoms with van der Waals surface area (Å²) in [6.07, 6.45) is 0.237. The summed E-state index contributed by atoms with van der Waals surface area (Å²) in [5.74, 6) is 0. The average molecular weight is 235 g/mol. The number of hydrogen-bond acceptors (Lipinski definition) is 3. The van der Waals surface area contributed by atoms with Gasteiger partial charge in [-0.05, 0) is 31.4 Å². The molecule has 1 heterocycles. The number of rotatable bonds is 4. The van der Waals surface area contributed by atoms with E-state index in [9.17, 15) is 0 Å². The van der Waals surface area contributed by atoms with Crippen molar-refractivity contribution in [3.63, 3.8) is 0 Å². The molecule has 1 aromatic heterocycles. The Morgan fingerprint density at radius 3 is 2.75 bits per heavy atom. The molecule has 2 nitrogen and oxygen atoms in total. The highest BCUT2D eigenvalue weighted by Gasteiger charge is 2.10. The third-order valence-electron chi connectivity index (χ3n) is 2.42. The smallest absolute Gasteiger partial charge is 0.0670 e. The van der Waals surface area contributed by atoms with E-state index < -0.39 is 0 Å². The zero-order valence-electron chi connectivity index (χ0n) is 9.64. The molecule has 0 aliphatic carbocycles.